The van der Waals surface area contributed by atoms with Crippen molar-refractivity contribution in [2.75, 3.05) is 0 Å². The van der Waals surface area contributed by atoms with Crippen LogP contribution in [-0.2, 0) is 0 Å². The monoisotopic (exact) mass is 216 g/mol. The number of hydrogen-bond acceptors (Lipinski definition) is 1. The molecule has 1 fully saturated rings. The molecule has 0 spiro atoms. The topological polar surface area (TPSA) is 9.23 Å². The summed E-state index contributed by atoms with van der Waals surface area (Å²) >= 11 is 0. The minimum atomic E-state index is -4.60. The van der Waals surface area contributed by atoms with E-state index in [-0.39, 0.29) is 5.75 Å². The summed E-state index contributed by atoms with van der Waals surface area (Å²) in [6.45, 7) is 1.82. The molecule has 0 radical (unpaired) electrons. The molecule has 1 saturated carbocycles. The summed E-state index contributed by atoms with van der Waals surface area (Å²) in [5.41, 5.74) is 2.02. The Morgan fingerprint density at radius 3 is 2.40 bits per heavy atom. The third-order valence-corrected chi connectivity index (χ3v) is 2.49. The highest BCUT2D eigenvalue weighted by molar-refractivity contribution is 5.38. The first-order chi connectivity index (χ1) is 6.96. The van der Waals surface area contributed by atoms with Crippen molar-refractivity contribution in [2.24, 2.45) is 0 Å². The van der Waals surface area contributed by atoms with Crippen molar-refractivity contribution < 1.29 is 17.9 Å². The third-order valence-electron chi connectivity index (χ3n) is 2.49. The Morgan fingerprint density at radius 1 is 1.27 bits per heavy atom. The van der Waals surface area contributed by atoms with Gasteiger partial charge in [0.15, 0.2) is 0 Å². The first kappa shape index (κ1) is 10.3. The minimum Gasteiger partial charge on any atom is -0.406 e. The summed E-state index contributed by atoms with van der Waals surface area (Å²) in [4.78, 5) is 0. The van der Waals surface area contributed by atoms with Gasteiger partial charge in [-0.25, -0.2) is 0 Å². The van der Waals surface area contributed by atoms with E-state index in [9.17, 15) is 13.2 Å². The zero-order valence-corrected chi connectivity index (χ0v) is 8.27. The van der Waals surface area contributed by atoms with Gasteiger partial charge in [0.1, 0.15) is 5.75 Å². The Kier molecular flexibility index (Phi) is 2.37. The van der Waals surface area contributed by atoms with E-state index in [0.717, 1.165) is 24.0 Å². The van der Waals surface area contributed by atoms with E-state index >= 15 is 0 Å². The van der Waals surface area contributed by atoms with Gasteiger partial charge in [-0.15, -0.1) is 13.2 Å². The van der Waals surface area contributed by atoms with Crippen LogP contribution in [0.5, 0.6) is 5.75 Å². The van der Waals surface area contributed by atoms with Crippen molar-refractivity contribution in [3.8, 4) is 5.75 Å². The van der Waals surface area contributed by atoms with Crippen LogP contribution in [0.3, 0.4) is 0 Å². The summed E-state index contributed by atoms with van der Waals surface area (Å²) in [5.74, 6) is 0.411. The number of halogens is 3. The molecule has 1 aliphatic rings. The lowest BCUT2D eigenvalue weighted by molar-refractivity contribution is -0.274. The first-order valence-electron chi connectivity index (χ1n) is 4.82. The SMILES string of the molecule is Cc1cc(OC(F)(F)F)ccc1C1CC1. The molecule has 0 heterocycles. The van der Waals surface area contributed by atoms with Gasteiger partial charge in [0, 0.05) is 0 Å². The molecule has 0 aromatic heterocycles. The van der Waals surface area contributed by atoms with E-state index in [4.69, 9.17) is 0 Å². The fraction of sp³-hybridized carbons (Fsp3) is 0.455. The van der Waals surface area contributed by atoms with E-state index in [1.54, 1.807) is 6.07 Å². The van der Waals surface area contributed by atoms with Crippen LogP contribution in [0.1, 0.15) is 29.9 Å². The largest absolute Gasteiger partial charge is 0.573 e. The van der Waals surface area contributed by atoms with Gasteiger partial charge >= 0.3 is 6.36 Å². The Labute approximate surface area is 85.9 Å². The van der Waals surface area contributed by atoms with Crippen LogP contribution in [0.25, 0.3) is 0 Å². The fourth-order valence-electron chi connectivity index (χ4n) is 1.70. The molecule has 0 bridgehead atoms. The van der Waals surface area contributed by atoms with Gasteiger partial charge in [0.05, 0.1) is 0 Å². The quantitative estimate of drug-likeness (QED) is 0.731. The van der Waals surface area contributed by atoms with Crippen molar-refractivity contribution >= 4 is 0 Å². The summed E-state index contributed by atoms with van der Waals surface area (Å²) < 4.78 is 39.6. The molecule has 0 amide bonds. The molecular formula is C11H11F3O. The zero-order chi connectivity index (χ0) is 11.1. The highest BCUT2D eigenvalue weighted by atomic mass is 19.4. The predicted octanol–water partition coefficient (Wildman–Crippen LogP) is 3.77. The van der Waals surface area contributed by atoms with Crippen LogP contribution in [0.4, 0.5) is 13.2 Å². The Bertz CT molecular complexity index is 367. The van der Waals surface area contributed by atoms with E-state index in [1.807, 2.05) is 6.92 Å². The number of aryl methyl sites for hydroxylation is 1. The molecular weight excluding hydrogens is 205 g/mol. The molecule has 0 unspecified atom stereocenters. The fourth-order valence-corrected chi connectivity index (χ4v) is 1.70. The van der Waals surface area contributed by atoms with Gasteiger partial charge in [-0.3, -0.25) is 0 Å². The van der Waals surface area contributed by atoms with Crippen molar-refractivity contribution in [3.63, 3.8) is 0 Å². The Morgan fingerprint density at radius 2 is 1.93 bits per heavy atom. The summed E-state index contributed by atoms with van der Waals surface area (Å²) in [5, 5.41) is 0. The highest BCUT2D eigenvalue weighted by Crippen LogP contribution is 2.42. The zero-order valence-electron chi connectivity index (χ0n) is 8.27. The molecule has 1 aromatic rings. The third kappa shape index (κ3) is 2.64. The smallest absolute Gasteiger partial charge is 0.406 e. The molecule has 1 aliphatic carbocycles. The van der Waals surface area contributed by atoms with E-state index in [0.29, 0.717) is 5.92 Å². The normalized spacial score (nSPS) is 16.5. The maximum atomic E-state index is 11.9. The molecule has 0 atom stereocenters. The Hall–Kier alpha value is -1.19. The molecule has 2 rings (SSSR count). The van der Waals surface area contributed by atoms with Crippen LogP contribution in [0, 0.1) is 6.92 Å². The summed E-state index contributed by atoms with van der Waals surface area (Å²) in [6, 6.07) is 4.56. The average Bonchev–Trinajstić information content (AvgIpc) is 2.84. The van der Waals surface area contributed by atoms with Crippen LogP contribution < -0.4 is 4.74 Å². The lowest BCUT2D eigenvalue weighted by Crippen LogP contribution is -2.17. The van der Waals surface area contributed by atoms with Crippen molar-refractivity contribution in [1.82, 2.24) is 0 Å². The summed E-state index contributed by atoms with van der Waals surface area (Å²) in [6.07, 6.45) is -2.33. The second kappa shape index (κ2) is 3.43. The van der Waals surface area contributed by atoms with Gasteiger partial charge in [0.2, 0.25) is 0 Å². The molecule has 4 heteroatoms. The van der Waals surface area contributed by atoms with Gasteiger partial charge in [-0.05, 0) is 48.9 Å². The average molecular weight is 216 g/mol. The predicted molar refractivity (Wildman–Crippen MR) is 49.8 cm³/mol. The van der Waals surface area contributed by atoms with Crippen LogP contribution in [0.15, 0.2) is 18.2 Å². The van der Waals surface area contributed by atoms with Gasteiger partial charge in [0.25, 0.3) is 0 Å². The molecule has 1 aromatic carbocycles. The number of benzene rings is 1. The standard InChI is InChI=1S/C11H11F3O/c1-7-6-9(15-11(12,13)14)4-5-10(7)8-2-3-8/h4-6,8H,2-3H2,1H3. The maximum absolute atomic E-state index is 11.9. The molecule has 0 saturated heterocycles. The van der Waals surface area contributed by atoms with E-state index < -0.39 is 6.36 Å². The molecule has 82 valence electrons. The van der Waals surface area contributed by atoms with E-state index in [2.05, 4.69) is 4.74 Å². The Balaban J connectivity index is 2.17. The van der Waals surface area contributed by atoms with Crippen LogP contribution in [0.2, 0.25) is 0 Å². The van der Waals surface area contributed by atoms with Crippen molar-refractivity contribution in [3.05, 3.63) is 29.3 Å². The summed E-state index contributed by atoms with van der Waals surface area (Å²) in [7, 11) is 0. The van der Waals surface area contributed by atoms with Crippen molar-refractivity contribution in [2.45, 2.75) is 32.0 Å². The first-order valence-corrected chi connectivity index (χ1v) is 4.82. The lowest BCUT2D eigenvalue weighted by Gasteiger charge is -2.11. The maximum Gasteiger partial charge on any atom is 0.573 e. The molecule has 15 heavy (non-hydrogen) atoms. The second-order valence-corrected chi connectivity index (χ2v) is 3.84. The van der Waals surface area contributed by atoms with Crippen LogP contribution >= 0.6 is 0 Å². The van der Waals surface area contributed by atoms with Crippen LogP contribution in [-0.4, -0.2) is 6.36 Å². The van der Waals surface area contributed by atoms with Gasteiger partial charge in [-0.1, -0.05) is 6.07 Å². The number of hydrogen-bond donors (Lipinski definition) is 0. The van der Waals surface area contributed by atoms with Gasteiger partial charge in [-0.2, -0.15) is 0 Å². The highest BCUT2D eigenvalue weighted by Gasteiger charge is 2.31. The molecule has 1 nitrogen and oxygen atoms in total. The number of ether oxygens (including phenoxy) is 1. The van der Waals surface area contributed by atoms with Gasteiger partial charge < -0.3 is 4.74 Å². The minimum absolute atomic E-state index is 0.135. The molecule has 0 aliphatic heterocycles. The number of alkyl halides is 3. The van der Waals surface area contributed by atoms with E-state index in [1.165, 1.54) is 12.1 Å². The number of rotatable bonds is 2. The van der Waals surface area contributed by atoms with Crippen molar-refractivity contribution in [1.29, 1.82) is 0 Å². The second-order valence-electron chi connectivity index (χ2n) is 3.84. The molecule has 0 N–H and O–H groups in total. The lowest BCUT2D eigenvalue weighted by atomic mass is 10.0.